The topological polar surface area (TPSA) is 99.9 Å². The molecule has 1 atom stereocenters. The van der Waals surface area contributed by atoms with Crippen LogP contribution in [-0.2, 0) is 9.59 Å². The number of rotatable bonds is 5. The summed E-state index contributed by atoms with van der Waals surface area (Å²) in [7, 11) is 0. The number of carboxylic acid groups (broad SMARTS) is 1. The summed E-state index contributed by atoms with van der Waals surface area (Å²) in [6.07, 6.45) is 3.59. The molecule has 0 spiro atoms. The zero-order valence-electron chi connectivity index (χ0n) is 11.6. The third-order valence-electron chi connectivity index (χ3n) is 3.48. The first-order valence-corrected chi connectivity index (χ1v) is 6.93. The average Bonchev–Trinajstić information content (AvgIpc) is 3.01. The van der Waals surface area contributed by atoms with Crippen molar-refractivity contribution < 1.29 is 23.9 Å². The molecule has 0 radical (unpaired) electrons. The third kappa shape index (κ3) is 3.84. The lowest BCUT2D eigenvalue weighted by Gasteiger charge is -2.33. The maximum Gasteiger partial charge on any atom is 0.326 e. The van der Waals surface area contributed by atoms with Crippen molar-refractivity contribution in [3.05, 3.63) is 24.2 Å². The van der Waals surface area contributed by atoms with E-state index in [0.717, 1.165) is 12.8 Å². The standard InChI is InChI=1S/C14H18N2O5/c17-12(16-8-2-1-4-10(16)14(19)20)6-7-15-13(18)11-5-3-9-21-11/h3,5,9-10H,1-2,4,6-8H2,(H,15,18)(H,19,20)/t10-/m1/s1. The molecule has 21 heavy (non-hydrogen) atoms. The Bertz CT molecular complexity index is 511. The lowest BCUT2D eigenvalue weighted by Crippen LogP contribution is -2.48. The summed E-state index contributed by atoms with van der Waals surface area (Å²) in [5.41, 5.74) is 0. The monoisotopic (exact) mass is 294 g/mol. The second kappa shape index (κ2) is 6.92. The highest BCUT2D eigenvalue weighted by Gasteiger charge is 2.31. The molecule has 2 amide bonds. The van der Waals surface area contributed by atoms with Crippen molar-refractivity contribution in [1.29, 1.82) is 0 Å². The van der Waals surface area contributed by atoms with E-state index in [1.807, 2.05) is 0 Å². The molecule has 2 rings (SSSR count). The SMILES string of the molecule is O=C(NCCC(=O)N1CCCC[C@@H]1C(=O)O)c1ccco1. The van der Waals surface area contributed by atoms with Gasteiger partial charge in [0.05, 0.1) is 6.26 Å². The molecule has 0 saturated carbocycles. The van der Waals surface area contributed by atoms with Gasteiger partial charge in [-0.15, -0.1) is 0 Å². The fourth-order valence-corrected chi connectivity index (χ4v) is 2.41. The van der Waals surface area contributed by atoms with Crippen LogP contribution in [0.1, 0.15) is 36.2 Å². The minimum Gasteiger partial charge on any atom is -0.480 e. The second-order valence-corrected chi connectivity index (χ2v) is 4.92. The molecular formula is C14H18N2O5. The largest absolute Gasteiger partial charge is 0.480 e. The number of nitrogens with one attached hydrogen (secondary N) is 1. The van der Waals surface area contributed by atoms with Crippen molar-refractivity contribution in [2.24, 2.45) is 0 Å². The molecule has 1 fully saturated rings. The number of carboxylic acids is 1. The molecule has 0 bridgehead atoms. The van der Waals surface area contributed by atoms with Gasteiger partial charge >= 0.3 is 5.97 Å². The van der Waals surface area contributed by atoms with Crippen LogP contribution < -0.4 is 5.32 Å². The molecule has 2 N–H and O–H groups in total. The third-order valence-corrected chi connectivity index (χ3v) is 3.48. The van der Waals surface area contributed by atoms with E-state index in [-0.39, 0.29) is 30.5 Å². The molecule has 0 unspecified atom stereocenters. The van der Waals surface area contributed by atoms with Gasteiger partial charge in [0.1, 0.15) is 6.04 Å². The molecule has 0 aliphatic carbocycles. The number of hydrogen-bond acceptors (Lipinski definition) is 4. The van der Waals surface area contributed by atoms with Crippen molar-refractivity contribution in [1.82, 2.24) is 10.2 Å². The molecule has 1 aliphatic heterocycles. The van der Waals surface area contributed by atoms with Gasteiger partial charge in [-0.3, -0.25) is 9.59 Å². The first kappa shape index (κ1) is 15.1. The minimum atomic E-state index is -0.970. The number of aliphatic carboxylic acids is 1. The number of nitrogens with zero attached hydrogens (tertiary/aromatic N) is 1. The minimum absolute atomic E-state index is 0.0796. The van der Waals surface area contributed by atoms with E-state index in [1.165, 1.54) is 17.2 Å². The van der Waals surface area contributed by atoms with E-state index in [9.17, 15) is 14.4 Å². The van der Waals surface area contributed by atoms with Gasteiger partial charge in [-0.2, -0.15) is 0 Å². The first-order chi connectivity index (χ1) is 10.1. The van der Waals surface area contributed by atoms with E-state index in [0.29, 0.717) is 13.0 Å². The Morgan fingerprint density at radius 3 is 2.86 bits per heavy atom. The summed E-state index contributed by atoms with van der Waals surface area (Å²) in [5.74, 6) is -1.42. The molecule has 7 heteroatoms. The Kier molecular flexibility index (Phi) is 4.97. The maximum absolute atomic E-state index is 12.1. The van der Waals surface area contributed by atoms with Crippen LogP contribution in [0.5, 0.6) is 0 Å². The summed E-state index contributed by atoms with van der Waals surface area (Å²) in [4.78, 5) is 36.2. The molecule has 2 heterocycles. The summed E-state index contributed by atoms with van der Waals surface area (Å²) in [6.45, 7) is 0.614. The van der Waals surface area contributed by atoms with Gasteiger partial charge in [-0.1, -0.05) is 0 Å². The van der Waals surface area contributed by atoms with Crippen LogP contribution in [0.4, 0.5) is 0 Å². The molecule has 1 aromatic rings. The lowest BCUT2D eigenvalue weighted by molar-refractivity contribution is -0.152. The molecule has 114 valence electrons. The van der Waals surface area contributed by atoms with E-state index in [1.54, 1.807) is 6.07 Å². The van der Waals surface area contributed by atoms with Gasteiger partial charge in [0.2, 0.25) is 5.91 Å². The van der Waals surface area contributed by atoms with E-state index < -0.39 is 12.0 Å². The fourth-order valence-electron chi connectivity index (χ4n) is 2.41. The first-order valence-electron chi connectivity index (χ1n) is 6.93. The van der Waals surface area contributed by atoms with Crippen LogP contribution in [0.15, 0.2) is 22.8 Å². The Morgan fingerprint density at radius 1 is 1.38 bits per heavy atom. The van der Waals surface area contributed by atoms with Gasteiger partial charge in [-0.05, 0) is 31.4 Å². The number of carbonyl (C=O) groups excluding carboxylic acids is 2. The Morgan fingerprint density at radius 2 is 2.19 bits per heavy atom. The number of furan rings is 1. The van der Waals surface area contributed by atoms with Crippen LogP contribution >= 0.6 is 0 Å². The zero-order chi connectivity index (χ0) is 15.2. The highest BCUT2D eigenvalue weighted by atomic mass is 16.4. The molecule has 0 aromatic carbocycles. The molecule has 1 aromatic heterocycles. The van der Waals surface area contributed by atoms with Gasteiger partial charge < -0.3 is 19.7 Å². The molecule has 7 nitrogen and oxygen atoms in total. The number of likely N-dealkylation sites (tertiary alicyclic amines) is 1. The van der Waals surface area contributed by atoms with E-state index in [2.05, 4.69) is 5.32 Å². The van der Waals surface area contributed by atoms with Crippen molar-refractivity contribution in [3.63, 3.8) is 0 Å². The smallest absolute Gasteiger partial charge is 0.326 e. The normalized spacial score (nSPS) is 18.3. The zero-order valence-corrected chi connectivity index (χ0v) is 11.6. The van der Waals surface area contributed by atoms with Crippen LogP contribution in [0.3, 0.4) is 0 Å². The average molecular weight is 294 g/mol. The molecule has 1 saturated heterocycles. The van der Waals surface area contributed by atoms with Crippen LogP contribution in [0, 0.1) is 0 Å². The highest BCUT2D eigenvalue weighted by molar-refractivity contribution is 5.91. The highest BCUT2D eigenvalue weighted by Crippen LogP contribution is 2.18. The van der Waals surface area contributed by atoms with Gasteiger partial charge in [0.25, 0.3) is 5.91 Å². The van der Waals surface area contributed by atoms with Gasteiger partial charge in [-0.25, -0.2) is 4.79 Å². The lowest BCUT2D eigenvalue weighted by atomic mass is 10.0. The van der Waals surface area contributed by atoms with Crippen molar-refractivity contribution >= 4 is 17.8 Å². The second-order valence-electron chi connectivity index (χ2n) is 4.92. The van der Waals surface area contributed by atoms with Crippen LogP contribution in [0.2, 0.25) is 0 Å². The Hall–Kier alpha value is -2.31. The van der Waals surface area contributed by atoms with E-state index >= 15 is 0 Å². The summed E-state index contributed by atoms with van der Waals surface area (Å²) in [6, 6.07) is 2.39. The van der Waals surface area contributed by atoms with Crippen molar-refractivity contribution in [2.75, 3.05) is 13.1 Å². The number of piperidine rings is 1. The molecular weight excluding hydrogens is 276 g/mol. The van der Waals surface area contributed by atoms with E-state index in [4.69, 9.17) is 9.52 Å². The number of amides is 2. The summed E-state index contributed by atoms with van der Waals surface area (Å²) < 4.78 is 4.93. The summed E-state index contributed by atoms with van der Waals surface area (Å²) >= 11 is 0. The fraction of sp³-hybridized carbons (Fsp3) is 0.500. The predicted octanol–water partition coefficient (Wildman–Crippen LogP) is 0.865. The predicted molar refractivity (Wildman–Crippen MR) is 72.6 cm³/mol. The van der Waals surface area contributed by atoms with Gasteiger partial charge in [0, 0.05) is 19.5 Å². The Labute approximate surface area is 121 Å². The van der Waals surface area contributed by atoms with Crippen LogP contribution in [0.25, 0.3) is 0 Å². The number of hydrogen-bond donors (Lipinski definition) is 2. The Balaban J connectivity index is 1.81. The van der Waals surface area contributed by atoms with Gasteiger partial charge in [0.15, 0.2) is 5.76 Å². The maximum atomic E-state index is 12.1. The van der Waals surface area contributed by atoms with Crippen molar-refractivity contribution in [2.45, 2.75) is 31.7 Å². The van der Waals surface area contributed by atoms with Crippen molar-refractivity contribution in [3.8, 4) is 0 Å². The number of carbonyl (C=O) groups is 3. The quantitative estimate of drug-likeness (QED) is 0.839. The molecule has 1 aliphatic rings. The van der Waals surface area contributed by atoms with Crippen LogP contribution in [-0.4, -0.2) is 46.9 Å². The summed E-state index contributed by atoms with van der Waals surface area (Å²) in [5, 5.41) is 11.7.